The molecule has 2 aromatic rings. The van der Waals surface area contributed by atoms with E-state index in [0.717, 1.165) is 12.8 Å². The molecule has 0 aliphatic carbocycles. The number of fused-ring (bicyclic) bond motifs is 1. The maximum absolute atomic E-state index is 5.99. The Balaban J connectivity index is 2.49. The fourth-order valence-corrected chi connectivity index (χ4v) is 1.55. The van der Waals surface area contributed by atoms with Crippen molar-refractivity contribution in [1.29, 1.82) is 0 Å². The number of aromatic nitrogens is 4. The van der Waals surface area contributed by atoms with Gasteiger partial charge >= 0.3 is 0 Å². The van der Waals surface area contributed by atoms with Gasteiger partial charge in [-0.25, -0.2) is 15.0 Å². The lowest BCUT2D eigenvalue weighted by Gasteiger charge is -2.11. The molecule has 0 radical (unpaired) electrons. The second-order valence-electron chi connectivity index (χ2n) is 3.44. The van der Waals surface area contributed by atoms with Gasteiger partial charge in [-0.1, -0.05) is 13.3 Å². The molecule has 0 aliphatic rings. The van der Waals surface area contributed by atoms with Crippen molar-refractivity contribution < 1.29 is 0 Å². The van der Waals surface area contributed by atoms with Crippen LogP contribution in [0.3, 0.4) is 0 Å². The Morgan fingerprint density at radius 2 is 2.20 bits per heavy atom. The number of imidazole rings is 1. The van der Waals surface area contributed by atoms with Crippen LogP contribution < -0.4 is 11.5 Å². The maximum Gasteiger partial charge on any atom is 0.166 e. The average molecular weight is 206 g/mol. The van der Waals surface area contributed by atoms with Crippen molar-refractivity contribution in [2.75, 3.05) is 5.73 Å². The highest BCUT2D eigenvalue weighted by Gasteiger charge is 2.11. The zero-order valence-corrected chi connectivity index (χ0v) is 8.59. The molecule has 0 saturated heterocycles. The van der Waals surface area contributed by atoms with Crippen LogP contribution in [0.25, 0.3) is 11.2 Å². The zero-order valence-electron chi connectivity index (χ0n) is 8.59. The minimum absolute atomic E-state index is 0.103. The first-order valence-electron chi connectivity index (χ1n) is 4.92. The van der Waals surface area contributed by atoms with Gasteiger partial charge in [0.15, 0.2) is 11.5 Å². The summed E-state index contributed by atoms with van der Waals surface area (Å²) in [5, 5.41) is 0. The summed E-state index contributed by atoms with van der Waals surface area (Å²) < 4.78 is 1.83. The number of nitrogens with zero attached hydrogens (tertiary/aromatic N) is 4. The minimum atomic E-state index is -0.103. The molecule has 0 saturated carbocycles. The molecule has 1 unspecified atom stereocenters. The molecule has 6 nitrogen and oxygen atoms in total. The molecule has 1 atom stereocenters. The van der Waals surface area contributed by atoms with Crippen molar-refractivity contribution in [2.45, 2.75) is 25.9 Å². The zero-order chi connectivity index (χ0) is 10.8. The first kappa shape index (κ1) is 9.85. The van der Waals surface area contributed by atoms with Gasteiger partial charge in [0.2, 0.25) is 0 Å². The fraction of sp³-hybridized carbons (Fsp3) is 0.444. The lowest BCUT2D eigenvalue weighted by atomic mass is 10.3. The molecule has 15 heavy (non-hydrogen) atoms. The number of nitrogens with two attached hydrogens (primary N) is 2. The van der Waals surface area contributed by atoms with Crippen molar-refractivity contribution in [3.63, 3.8) is 0 Å². The summed E-state index contributed by atoms with van der Waals surface area (Å²) in [4.78, 5) is 12.2. The first-order valence-corrected chi connectivity index (χ1v) is 4.92. The van der Waals surface area contributed by atoms with Gasteiger partial charge in [0.05, 0.1) is 12.5 Å². The Labute approximate surface area is 87.3 Å². The van der Waals surface area contributed by atoms with Crippen molar-refractivity contribution in [2.24, 2.45) is 5.73 Å². The van der Waals surface area contributed by atoms with Crippen LogP contribution in [0.5, 0.6) is 0 Å². The molecule has 2 heterocycles. The van der Waals surface area contributed by atoms with Gasteiger partial charge in [0.25, 0.3) is 0 Å². The molecule has 0 fully saturated rings. The number of anilines is 1. The second-order valence-corrected chi connectivity index (χ2v) is 3.44. The molecule has 4 N–H and O–H groups in total. The molecule has 0 spiro atoms. The second kappa shape index (κ2) is 3.82. The monoisotopic (exact) mass is 206 g/mol. The topological polar surface area (TPSA) is 95.6 Å². The average Bonchev–Trinajstić information content (AvgIpc) is 2.63. The number of hydrogen-bond donors (Lipinski definition) is 2. The highest BCUT2D eigenvalue weighted by atomic mass is 15.2. The molecule has 0 aliphatic heterocycles. The van der Waals surface area contributed by atoms with Crippen LogP contribution in [0.15, 0.2) is 12.7 Å². The molecular weight excluding hydrogens is 192 g/mol. The molecule has 6 heteroatoms. The van der Waals surface area contributed by atoms with Crippen LogP contribution in [-0.2, 0) is 0 Å². The molecule has 0 bridgehead atoms. The van der Waals surface area contributed by atoms with E-state index in [0.29, 0.717) is 17.0 Å². The number of hydrogen-bond acceptors (Lipinski definition) is 5. The quantitative estimate of drug-likeness (QED) is 0.769. The molecule has 0 aromatic carbocycles. The van der Waals surface area contributed by atoms with Gasteiger partial charge in [-0.05, 0) is 6.42 Å². The molecule has 80 valence electrons. The van der Waals surface area contributed by atoms with Crippen LogP contribution in [0.1, 0.15) is 25.9 Å². The Morgan fingerprint density at radius 1 is 1.40 bits per heavy atom. The molecule has 0 amide bonds. The lowest BCUT2D eigenvalue weighted by molar-refractivity contribution is 0.486. The summed E-state index contributed by atoms with van der Waals surface area (Å²) in [5.41, 5.74) is 13.0. The third-order valence-electron chi connectivity index (χ3n) is 2.33. The van der Waals surface area contributed by atoms with Gasteiger partial charge in [-0.2, -0.15) is 0 Å². The highest BCUT2D eigenvalue weighted by Crippen LogP contribution is 2.18. The van der Waals surface area contributed by atoms with E-state index in [1.54, 1.807) is 6.33 Å². The maximum atomic E-state index is 5.99. The highest BCUT2D eigenvalue weighted by molar-refractivity contribution is 5.81. The Bertz CT molecular complexity index is 463. The van der Waals surface area contributed by atoms with Gasteiger partial charge in [-0.15, -0.1) is 0 Å². The van der Waals surface area contributed by atoms with Gasteiger partial charge in [0, 0.05) is 0 Å². The van der Waals surface area contributed by atoms with Crippen molar-refractivity contribution in [3.8, 4) is 0 Å². The predicted molar refractivity (Wildman–Crippen MR) is 57.9 cm³/mol. The van der Waals surface area contributed by atoms with Crippen molar-refractivity contribution in [3.05, 3.63) is 12.7 Å². The van der Waals surface area contributed by atoms with Crippen LogP contribution in [0.4, 0.5) is 5.82 Å². The molecular formula is C9H14N6. The van der Waals surface area contributed by atoms with E-state index in [9.17, 15) is 0 Å². The molecule has 2 aromatic heterocycles. The van der Waals surface area contributed by atoms with Gasteiger partial charge in [0.1, 0.15) is 11.8 Å². The van der Waals surface area contributed by atoms with Crippen LogP contribution in [0, 0.1) is 0 Å². The Morgan fingerprint density at radius 3 is 2.93 bits per heavy atom. The predicted octanol–water partition coefficient (Wildman–Crippen LogP) is 0.666. The lowest BCUT2D eigenvalue weighted by Crippen LogP contribution is -2.17. The minimum Gasteiger partial charge on any atom is -0.382 e. The van der Waals surface area contributed by atoms with Gasteiger partial charge < -0.3 is 11.5 Å². The van der Waals surface area contributed by atoms with E-state index in [-0.39, 0.29) is 6.17 Å². The standard InChI is InChI=1S/C9H14N6/c1-2-3-6(10)15-5-14-7-8(11)12-4-13-9(7)15/h4-6H,2-3,10H2,1H3,(H2,11,12,13). The van der Waals surface area contributed by atoms with E-state index < -0.39 is 0 Å². The Hall–Kier alpha value is -1.69. The van der Waals surface area contributed by atoms with E-state index >= 15 is 0 Å². The summed E-state index contributed by atoms with van der Waals surface area (Å²) in [5.74, 6) is 0.391. The Kier molecular flexibility index (Phi) is 2.51. The largest absolute Gasteiger partial charge is 0.382 e. The SMILES string of the molecule is CCCC(N)n1cnc2c(N)ncnc21. The van der Waals surface area contributed by atoms with E-state index in [2.05, 4.69) is 21.9 Å². The summed E-state index contributed by atoms with van der Waals surface area (Å²) >= 11 is 0. The van der Waals surface area contributed by atoms with E-state index in [1.165, 1.54) is 6.33 Å². The smallest absolute Gasteiger partial charge is 0.166 e. The summed E-state index contributed by atoms with van der Waals surface area (Å²) in [6, 6.07) is 0. The third-order valence-corrected chi connectivity index (χ3v) is 2.33. The summed E-state index contributed by atoms with van der Waals surface area (Å²) in [6.45, 7) is 2.09. The summed E-state index contributed by atoms with van der Waals surface area (Å²) in [7, 11) is 0. The fourth-order valence-electron chi connectivity index (χ4n) is 1.55. The van der Waals surface area contributed by atoms with Crippen LogP contribution in [0.2, 0.25) is 0 Å². The van der Waals surface area contributed by atoms with Crippen LogP contribution in [-0.4, -0.2) is 19.5 Å². The van der Waals surface area contributed by atoms with Crippen LogP contribution >= 0.6 is 0 Å². The first-order chi connectivity index (χ1) is 7.24. The normalized spacial score (nSPS) is 13.2. The number of nitrogen functional groups attached to an aromatic ring is 1. The van der Waals surface area contributed by atoms with Crippen molar-refractivity contribution in [1.82, 2.24) is 19.5 Å². The molecule has 2 rings (SSSR count). The van der Waals surface area contributed by atoms with Crippen molar-refractivity contribution >= 4 is 17.0 Å². The third kappa shape index (κ3) is 1.63. The van der Waals surface area contributed by atoms with Gasteiger partial charge in [-0.3, -0.25) is 4.57 Å². The van der Waals surface area contributed by atoms with E-state index in [4.69, 9.17) is 11.5 Å². The summed E-state index contributed by atoms with van der Waals surface area (Å²) in [6.07, 6.45) is 4.88. The number of rotatable bonds is 3. The van der Waals surface area contributed by atoms with E-state index in [1.807, 2.05) is 4.57 Å².